The van der Waals surface area contributed by atoms with Crippen LogP contribution >= 0.6 is 0 Å². The van der Waals surface area contributed by atoms with Gasteiger partial charge >= 0.3 is 12.0 Å². The largest absolute Gasteiger partial charge is 0.480 e. The van der Waals surface area contributed by atoms with Gasteiger partial charge in [-0.3, -0.25) is 0 Å². The Labute approximate surface area is 102 Å². The number of nitrogens with one attached hydrogen (secondary N) is 1. The number of aliphatic carboxylic acids is 1. The van der Waals surface area contributed by atoms with Crippen molar-refractivity contribution in [3.63, 3.8) is 0 Å². The average molecular weight is 246 g/mol. The number of amides is 2. The Morgan fingerprint density at radius 1 is 1.35 bits per heavy atom. The third-order valence-electron chi connectivity index (χ3n) is 2.72. The second-order valence-corrected chi connectivity index (χ2v) is 4.38. The molecule has 0 aliphatic heterocycles. The second-order valence-electron chi connectivity index (χ2n) is 4.38. The first kappa shape index (κ1) is 15.7. The minimum atomic E-state index is -1.03. The first-order valence-electron chi connectivity index (χ1n) is 5.56. The van der Waals surface area contributed by atoms with E-state index < -0.39 is 18.0 Å². The zero-order valence-corrected chi connectivity index (χ0v) is 11.1. The molecule has 0 aromatic heterocycles. The third-order valence-corrected chi connectivity index (χ3v) is 2.72. The Kier molecular flexibility index (Phi) is 6.57. The zero-order valence-electron chi connectivity index (χ0n) is 11.1. The molecule has 0 aliphatic carbocycles. The molecule has 0 bridgehead atoms. The summed E-state index contributed by atoms with van der Waals surface area (Å²) in [5, 5.41) is 11.6. The molecule has 0 rings (SSSR count). The molecule has 0 aromatic carbocycles. The SMILES string of the molecule is COCC(NC(=O)N(C)C(C)C(=O)O)C(C)C. The summed E-state index contributed by atoms with van der Waals surface area (Å²) in [5.74, 6) is -0.817. The number of rotatable bonds is 6. The van der Waals surface area contributed by atoms with Crippen LogP contribution in [-0.2, 0) is 9.53 Å². The molecule has 17 heavy (non-hydrogen) atoms. The number of carboxylic acids is 1. The Morgan fingerprint density at radius 3 is 2.24 bits per heavy atom. The number of methoxy groups -OCH3 is 1. The standard InChI is InChI=1S/C11H22N2O4/c1-7(2)9(6-17-5)12-11(16)13(4)8(3)10(14)15/h7-9H,6H2,1-5H3,(H,12,16)(H,14,15). The van der Waals surface area contributed by atoms with Gasteiger partial charge in [0.05, 0.1) is 12.6 Å². The van der Waals surface area contributed by atoms with E-state index in [4.69, 9.17) is 9.84 Å². The summed E-state index contributed by atoms with van der Waals surface area (Å²) in [6.07, 6.45) is 0. The molecular weight excluding hydrogens is 224 g/mol. The lowest BCUT2D eigenvalue weighted by molar-refractivity contribution is -0.141. The lowest BCUT2D eigenvalue weighted by Gasteiger charge is -2.27. The molecule has 0 heterocycles. The number of hydrogen-bond donors (Lipinski definition) is 2. The molecule has 2 atom stereocenters. The molecule has 0 spiro atoms. The van der Waals surface area contributed by atoms with Gasteiger partial charge in [0.25, 0.3) is 0 Å². The van der Waals surface area contributed by atoms with E-state index in [-0.39, 0.29) is 12.0 Å². The number of hydrogen-bond acceptors (Lipinski definition) is 3. The van der Waals surface area contributed by atoms with Crippen molar-refractivity contribution >= 4 is 12.0 Å². The molecule has 0 saturated carbocycles. The number of ether oxygens (including phenoxy) is 1. The van der Waals surface area contributed by atoms with Crippen LogP contribution in [0.2, 0.25) is 0 Å². The smallest absolute Gasteiger partial charge is 0.326 e. The number of urea groups is 1. The summed E-state index contributed by atoms with van der Waals surface area (Å²) in [6, 6.07) is -1.39. The van der Waals surface area contributed by atoms with E-state index in [9.17, 15) is 9.59 Å². The van der Waals surface area contributed by atoms with Gasteiger partial charge in [-0.1, -0.05) is 13.8 Å². The fraction of sp³-hybridized carbons (Fsp3) is 0.818. The van der Waals surface area contributed by atoms with Gasteiger partial charge in [-0.2, -0.15) is 0 Å². The van der Waals surface area contributed by atoms with Crippen LogP contribution in [0.3, 0.4) is 0 Å². The normalized spacial score (nSPS) is 14.2. The van der Waals surface area contributed by atoms with Crippen LogP contribution in [0.15, 0.2) is 0 Å². The first-order chi connectivity index (χ1) is 7.81. The van der Waals surface area contributed by atoms with Gasteiger partial charge in [0.15, 0.2) is 0 Å². The van der Waals surface area contributed by atoms with Crippen molar-refractivity contribution in [1.29, 1.82) is 0 Å². The van der Waals surface area contributed by atoms with E-state index in [1.165, 1.54) is 14.0 Å². The Bertz CT molecular complexity index is 268. The van der Waals surface area contributed by atoms with Crippen molar-refractivity contribution in [3.8, 4) is 0 Å². The van der Waals surface area contributed by atoms with Crippen LogP contribution < -0.4 is 5.32 Å². The van der Waals surface area contributed by atoms with Crippen LogP contribution in [0.25, 0.3) is 0 Å². The molecule has 100 valence electrons. The predicted molar refractivity (Wildman–Crippen MR) is 63.9 cm³/mol. The molecule has 6 heteroatoms. The second kappa shape index (κ2) is 7.11. The molecule has 0 fully saturated rings. The van der Waals surface area contributed by atoms with E-state index >= 15 is 0 Å². The molecule has 0 saturated heterocycles. The van der Waals surface area contributed by atoms with Gasteiger partial charge < -0.3 is 20.1 Å². The summed E-state index contributed by atoms with van der Waals surface area (Å²) < 4.78 is 5.00. The van der Waals surface area contributed by atoms with Gasteiger partial charge in [-0.25, -0.2) is 9.59 Å². The molecular formula is C11H22N2O4. The van der Waals surface area contributed by atoms with Crippen molar-refractivity contribution in [2.45, 2.75) is 32.9 Å². The van der Waals surface area contributed by atoms with E-state index in [2.05, 4.69) is 5.32 Å². The highest BCUT2D eigenvalue weighted by atomic mass is 16.5. The summed E-state index contributed by atoms with van der Waals surface area (Å²) in [4.78, 5) is 23.7. The van der Waals surface area contributed by atoms with Gasteiger partial charge in [0.1, 0.15) is 6.04 Å². The average Bonchev–Trinajstić information content (AvgIpc) is 2.25. The topological polar surface area (TPSA) is 78.9 Å². The lowest BCUT2D eigenvalue weighted by atomic mass is 10.1. The van der Waals surface area contributed by atoms with E-state index in [1.807, 2.05) is 13.8 Å². The third kappa shape index (κ3) is 5.04. The number of nitrogens with zero attached hydrogens (tertiary/aromatic N) is 1. The maximum absolute atomic E-state index is 11.8. The van der Waals surface area contributed by atoms with E-state index in [0.717, 1.165) is 4.90 Å². The van der Waals surface area contributed by atoms with Gasteiger partial charge in [-0.15, -0.1) is 0 Å². The number of carbonyl (C=O) groups excluding carboxylic acids is 1. The fourth-order valence-corrected chi connectivity index (χ4v) is 1.18. The van der Waals surface area contributed by atoms with Gasteiger partial charge in [-0.05, 0) is 12.8 Å². The summed E-state index contributed by atoms with van der Waals surface area (Å²) in [5.41, 5.74) is 0. The van der Waals surface area contributed by atoms with Crippen LogP contribution in [-0.4, -0.2) is 54.9 Å². The Balaban J connectivity index is 4.45. The molecule has 6 nitrogen and oxygen atoms in total. The molecule has 2 unspecified atom stereocenters. The van der Waals surface area contributed by atoms with E-state index in [0.29, 0.717) is 6.61 Å². The van der Waals surface area contributed by atoms with Crippen molar-refractivity contribution in [2.24, 2.45) is 5.92 Å². The number of carboxylic acid groups (broad SMARTS) is 1. The van der Waals surface area contributed by atoms with Crippen LogP contribution in [0.1, 0.15) is 20.8 Å². The molecule has 0 aromatic rings. The maximum Gasteiger partial charge on any atom is 0.326 e. The van der Waals surface area contributed by atoms with E-state index in [1.54, 1.807) is 7.11 Å². The molecule has 2 N–H and O–H groups in total. The molecule has 2 amide bonds. The maximum atomic E-state index is 11.8. The highest BCUT2D eigenvalue weighted by molar-refractivity contribution is 5.82. The van der Waals surface area contributed by atoms with Crippen molar-refractivity contribution in [1.82, 2.24) is 10.2 Å². The van der Waals surface area contributed by atoms with Crippen molar-refractivity contribution < 1.29 is 19.4 Å². The fourth-order valence-electron chi connectivity index (χ4n) is 1.18. The highest BCUT2D eigenvalue weighted by Crippen LogP contribution is 2.04. The Hall–Kier alpha value is -1.30. The van der Waals surface area contributed by atoms with Crippen LogP contribution in [0, 0.1) is 5.92 Å². The van der Waals surface area contributed by atoms with Gasteiger partial charge in [0, 0.05) is 14.2 Å². The monoisotopic (exact) mass is 246 g/mol. The zero-order chi connectivity index (χ0) is 13.6. The first-order valence-corrected chi connectivity index (χ1v) is 5.56. The van der Waals surface area contributed by atoms with Crippen LogP contribution in [0.4, 0.5) is 4.79 Å². The minimum Gasteiger partial charge on any atom is -0.480 e. The summed E-state index contributed by atoms with van der Waals surface area (Å²) in [6.45, 7) is 5.79. The Morgan fingerprint density at radius 2 is 1.88 bits per heavy atom. The van der Waals surface area contributed by atoms with Crippen molar-refractivity contribution in [2.75, 3.05) is 20.8 Å². The van der Waals surface area contributed by atoms with Crippen molar-refractivity contribution in [3.05, 3.63) is 0 Å². The number of carbonyl (C=O) groups is 2. The lowest BCUT2D eigenvalue weighted by Crippen LogP contribution is -2.51. The van der Waals surface area contributed by atoms with Crippen LogP contribution in [0.5, 0.6) is 0 Å². The minimum absolute atomic E-state index is 0.129. The number of likely N-dealkylation sites (N-methyl/N-ethyl adjacent to an activating group) is 1. The highest BCUT2D eigenvalue weighted by Gasteiger charge is 2.24. The summed E-state index contributed by atoms with van der Waals surface area (Å²) >= 11 is 0. The quantitative estimate of drug-likeness (QED) is 0.725. The summed E-state index contributed by atoms with van der Waals surface area (Å²) in [7, 11) is 3.02. The molecule has 0 radical (unpaired) electrons. The predicted octanol–water partition coefficient (Wildman–Crippen LogP) is 0.772. The molecule has 0 aliphatic rings. The van der Waals surface area contributed by atoms with Gasteiger partial charge in [0.2, 0.25) is 0 Å².